The van der Waals surface area contributed by atoms with Crippen molar-refractivity contribution in [1.29, 1.82) is 0 Å². The Bertz CT molecular complexity index is 1090. The molecule has 2 unspecified atom stereocenters. The van der Waals surface area contributed by atoms with E-state index in [9.17, 15) is 13.6 Å². The number of aromatic nitrogens is 2. The van der Waals surface area contributed by atoms with Gasteiger partial charge in [-0.15, -0.1) is 0 Å². The lowest BCUT2D eigenvalue weighted by molar-refractivity contribution is 0.0933. The molecule has 3 aromatic rings. The van der Waals surface area contributed by atoms with Crippen LogP contribution >= 0.6 is 11.6 Å². The number of amides is 1. The van der Waals surface area contributed by atoms with Crippen molar-refractivity contribution in [3.8, 4) is 0 Å². The Morgan fingerprint density at radius 3 is 2.77 bits per heavy atom. The molecule has 0 radical (unpaired) electrons. The van der Waals surface area contributed by atoms with Gasteiger partial charge in [-0.1, -0.05) is 31.0 Å². The van der Waals surface area contributed by atoms with Crippen LogP contribution in [0.25, 0.3) is 11.0 Å². The maximum Gasteiger partial charge on any atom is 0.254 e. The number of imidazole rings is 1. The number of rotatable bonds is 5. The van der Waals surface area contributed by atoms with Crippen LogP contribution in [0.3, 0.4) is 0 Å². The molecule has 2 N–H and O–H groups in total. The van der Waals surface area contributed by atoms with Crippen molar-refractivity contribution in [2.24, 2.45) is 13.0 Å². The van der Waals surface area contributed by atoms with E-state index >= 15 is 0 Å². The van der Waals surface area contributed by atoms with Crippen molar-refractivity contribution in [3.05, 3.63) is 52.6 Å². The lowest BCUT2D eigenvalue weighted by Gasteiger charge is -2.13. The van der Waals surface area contributed by atoms with Crippen molar-refractivity contribution in [3.63, 3.8) is 0 Å². The molecule has 1 saturated carbocycles. The second-order valence-corrected chi connectivity index (χ2v) is 8.20. The molecule has 30 heavy (non-hydrogen) atoms. The molecule has 2 atom stereocenters. The van der Waals surface area contributed by atoms with Crippen LogP contribution in [0.2, 0.25) is 5.02 Å². The van der Waals surface area contributed by atoms with E-state index in [-0.39, 0.29) is 28.3 Å². The minimum absolute atomic E-state index is 0.0453. The summed E-state index contributed by atoms with van der Waals surface area (Å²) in [5.41, 5.74) is 0.946. The zero-order chi connectivity index (χ0) is 21.4. The Kier molecular flexibility index (Phi) is 5.64. The van der Waals surface area contributed by atoms with Gasteiger partial charge in [0, 0.05) is 19.2 Å². The number of anilines is 2. The van der Waals surface area contributed by atoms with Crippen molar-refractivity contribution in [1.82, 2.24) is 14.9 Å². The van der Waals surface area contributed by atoms with Crippen molar-refractivity contribution < 1.29 is 13.6 Å². The first-order valence-electron chi connectivity index (χ1n) is 10.0. The van der Waals surface area contributed by atoms with Crippen LogP contribution in [0.1, 0.15) is 43.0 Å². The van der Waals surface area contributed by atoms with E-state index in [0.29, 0.717) is 17.0 Å². The van der Waals surface area contributed by atoms with Gasteiger partial charge in [0.2, 0.25) is 5.95 Å². The minimum Gasteiger partial charge on any atom is -0.349 e. The Labute approximate surface area is 178 Å². The number of nitrogens with one attached hydrogen (secondary N) is 2. The number of aryl methyl sites for hydroxylation is 1. The predicted octanol–water partition coefficient (Wildman–Crippen LogP) is 5.56. The van der Waals surface area contributed by atoms with Gasteiger partial charge in [-0.05, 0) is 43.4 Å². The molecule has 158 valence electrons. The third kappa shape index (κ3) is 3.86. The first-order valence-corrected chi connectivity index (χ1v) is 10.4. The Hall–Kier alpha value is -2.67. The second kappa shape index (κ2) is 8.22. The first-order chi connectivity index (χ1) is 14.4. The summed E-state index contributed by atoms with van der Waals surface area (Å²) >= 11 is 6.07. The van der Waals surface area contributed by atoms with Crippen molar-refractivity contribution >= 4 is 40.2 Å². The maximum atomic E-state index is 14.7. The highest BCUT2D eigenvalue weighted by Gasteiger charge is 2.26. The number of carbonyl (C=O) groups is 1. The van der Waals surface area contributed by atoms with Crippen LogP contribution in [-0.4, -0.2) is 21.5 Å². The summed E-state index contributed by atoms with van der Waals surface area (Å²) in [4.78, 5) is 17.1. The summed E-state index contributed by atoms with van der Waals surface area (Å²) in [6, 6.07) is 7.12. The van der Waals surface area contributed by atoms with Crippen LogP contribution in [0, 0.1) is 17.6 Å². The van der Waals surface area contributed by atoms with Gasteiger partial charge in [0.25, 0.3) is 5.91 Å². The van der Waals surface area contributed by atoms with E-state index in [1.807, 2.05) is 0 Å². The average molecular weight is 433 g/mol. The largest absolute Gasteiger partial charge is 0.349 e. The highest BCUT2D eigenvalue weighted by Crippen LogP contribution is 2.31. The smallest absolute Gasteiger partial charge is 0.254 e. The Morgan fingerprint density at radius 1 is 1.27 bits per heavy atom. The number of halogens is 3. The molecule has 1 amide bonds. The molecule has 0 saturated heterocycles. The van der Waals surface area contributed by atoms with Crippen LogP contribution in [0.15, 0.2) is 30.3 Å². The fourth-order valence-electron chi connectivity index (χ4n) is 4.07. The molecule has 0 aliphatic heterocycles. The van der Waals surface area contributed by atoms with Gasteiger partial charge in [-0.25, -0.2) is 13.8 Å². The van der Waals surface area contributed by atoms with E-state index < -0.39 is 17.5 Å². The van der Waals surface area contributed by atoms with Crippen LogP contribution in [-0.2, 0) is 7.05 Å². The molecule has 1 aromatic heterocycles. The zero-order valence-corrected chi connectivity index (χ0v) is 17.6. The molecule has 1 aliphatic rings. The summed E-state index contributed by atoms with van der Waals surface area (Å²) in [5.74, 6) is -0.687. The van der Waals surface area contributed by atoms with Crippen molar-refractivity contribution in [2.45, 2.75) is 38.6 Å². The predicted molar refractivity (Wildman–Crippen MR) is 114 cm³/mol. The molecule has 8 heteroatoms. The summed E-state index contributed by atoms with van der Waals surface area (Å²) in [6.45, 7) is 2.14. The molecule has 2 aromatic carbocycles. The first kappa shape index (κ1) is 20.6. The van der Waals surface area contributed by atoms with Gasteiger partial charge in [0.15, 0.2) is 0 Å². The molecule has 0 bridgehead atoms. The van der Waals surface area contributed by atoms with Gasteiger partial charge < -0.3 is 15.2 Å². The van der Waals surface area contributed by atoms with E-state index in [2.05, 4.69) is 22.5 Å². The van der Waals surface area contributed by atoms with Gasteiger partial charge in [-0.2, -0.15) is 0 Å². The number of hydrogen-bond acceptors (Lipinski definition) is 3. The highest BCUT2D eigenvalue weighted by atomic mass is 35.5. The molecule has 5 nitrogen and oxygen atoms in total. The number of para-hydroxylation sites is 1. The summed E-state index contributed by atoms with van der Waals surface area (Å²) in [6.07, 6.45) is 4.00. The maximum absolute atomic E-state index is 14.7. The summed E-state index contributed by atoms with van der Waals surface area (Å²) in [5, 5.41) is 6.01. The monoisotopic (exact) mass is 432 g/mol. The number of nitrogens with zero attached hydrogens (tertiary/aromatic N) is 2. The quantitative estimate of drug-likeness (QED) is 0.555. The SMILES string of the molecule is CCC1CCC(NC(=O)c2cc3nc(Nc4c(F)cccc4Cl)n(C)c3cc2F)C1. The third-order valence-electron chi connectivity index (χ3n) is 5.87. The van der Waals surface area contributed by atoms with Crippen molar-refractivity contribution in [2.75, 3.05) is 5.32 Å². The third-order valence-corrected chi connectivity index (χ3v) is 6.18. The van der Waals surface area contributed by atoms with Gasteiger partial charge in [0.05, 0.1) is 27.3 Å². The van der Waals surface area contributed by atoms with E-state index in [1.54, 1.807) is 17.7 Å². The molecule has 1 heterocycles. The standard InChI is InChI=1S/C22H23ClF2N4O/c1-3-12-7-8-13(9-12)26-21(30)14-10-18-19(11-17(14)25)29(2)22(27-18)28-20-15(23)5-4-6-16(20)24/h4-6,10-13H,3,7-9H2,1-2H3,(H,26,30)(H,27,28). The molecule has 1 fully saturated rings. The lowest BCUT2D eigenvalue weighted by atomic mass is 10.1. The highest BCUT2D eigenvalue weighted by molar-refractivity contribution is 6.33. The molecular weight excluding hydrogens is 410 g/mol. The fraction of sp³-hybridized carbons (Fsp3) is 0.364. The average Bonchev–Trinajstić information content (AvgIpc) is 3.29. The van der Waals surface area contributed by atoms with Crippen LogP contribution in [0.4, 0.5) is 20.4 Å². The zero-order valence-electron chi connectivity index (χ0n) is 16.8. The molecule has 0 spiro atoms. The summed E-state index contributed by atoms with van der Waals surface area (Å²) < 4.78 is 30.4. The van der Waals surface area contributed by atoms with Gasteiger partial charge >= 0.3 is 0 Å². The van der Waals surface area contributed by atoms with E-state index in [4.69, 9.17) is 11.6 Å². The van der Waals surface area contributed by atoms with E-state index in [0.717, 1.165) is 25.7 Å². The van der Waals surface area contributed by atoms with Crippen LogP contribution in [0.5, 0.6) is 0 Å². The minimum atomic E-state index is -0.622. The molecular formula is C22H23ClF2N4O. The fourth-order valence-corrected chi connectivity index (χ4v) is 4.28. The molecule has 1 aliphatic carbocycles. The second-order valence-electron chi connectivity index (χ2n) is 7.79. The number of fused-ring (bicyclic) bond motifs is 1. The Balaban J connectivity index is 1.61. The number of benzene rings is 2. The van der Waals surface area contributed by atoms with Gasteiger partial charge in [-0.3, -0.25) is 4.79 Å². The number of carbonyl (C=O) groups excluding carboxylic acids is 1. The summed E-state index contributed by atoms with van der Waals surface area (Å²) in [7, 11) is 1.68. The van der Waals surface area contributed by atoms with E-state index in [1.165, 1.54) is 24.3 Å². The lowest BCUT2D eigenvalue weighted by Crippen LogP contribution is -2.33. The van der Waals surface area contributed by atoms with Crippen LogP contribution < -0.4 is 10.6 Å². The van der Waals surface area contributed by atoms with Gasteiger partial charge in [0.1, 0.15) is 11.6 Å². The topological polar surface area (TPSA) is 59.0 Å². The normalized spacial score (nSPS) is 18.7. The molecule has 4 rings (SSSR count). The number of hydrogen-bond donors (Lipinski definition) is 2. The Morgan fingerprint density at radius 2 is 2.07 bits per heavy atom.